The highest BCUT2D eigenvalue weighted by molar-refractivity contribution is 5.95. The fourth-order valence-electron chi connectivity index (χ4n) is 2.88. The zero-order valence-electron chi connectivity index (χ0n) is 11.6. The molecule has 0 aromatic heterocycles. The Bertz CT molecular complexity index is 546. The summed E-state index contributed by atoms with van der Waals surface area (Å²) in [7, 11) is 0. The van der Waals surface area contributed by atoms with Gasteiger partial charge in [-0.25, -0.2) is 4.79 Å². The Morgan fingerprint density at radius 1 is 1.25 bits per heavy atom. The van der Waals surface area contributed by atoms with E-state index < -0.39 is 16.9 Å². The predicted molar refractivity (Wildman–Crippen MR) is 74.3 cm³/mol. The van der Waals surface area contributed by atoms with Crippen LogP contribution in [0, 0.1) is 5.92 Å². The first kappa shape index (κ1) is 13.2. The summed E-state index contributed by atoms with van der Waals surface area (Å²) >= 11 is 0. The number of rotatable bonds is 5. The first-order valence-corrected chi connectivity index (χ1v) is 7.10. The number of hydrogen-bond donors (Lipinski definition) is 2. The van der Waals surface area contributed by atoms with Crippen LogP contribution in [0.3, 0.4) is 0 Å². The Labute approximate surface area is 118 Å². The maximum Gasteiger partial charge on any atom is 0.329 e. The Hall–Kier alpha value is -1.84. The second-order valence-corrected chi connectivity index (χ2v) is 6.18. The third-order valence-electron chi connectivity index (χ3n) is 4.72. The Balaban J connectivity index is 1.81. The van der Waals surface area contributed by atoms with E-state index in [4.69, 9.17) is 0 Å². The average Bonchev–Trinajstić information content (AvgIpc) is 3.31. The Morgan fingerprint density at radius 3 is 2.30 bits per heavy atom. The molecule has 0 spiro atoms. The van der Waals surface area contributed by atoms with Crippen molar-refractivity contribution in [2.75, 3.05) is 0 Å². The molecule has 1 amide bonds. The molecule has 1 atom stereocenters. The fraction of sp³-hybridized carbons (Fsp3) is 0.500. The lowest BCUT2D eigenvalue weighted by Gasteiger charge is -2.29. The van der Waals surface area contributed by atoms with Crippen molar-refractivity contribution in [2.24, 2.45) is 5.92 Å². The lowest BCUT2D eigenvalue weighted by Crippen LogP contribution is -2.56. The maximum absolute atomic E-state index is 12.6. The smallest absolute Gasteiger partial charge is 0.329 e. The molecule has 2 aliphatic rings. The lowest BCUT2D eigenvalue weighted by molar-refractivity contribution is -0.148. The molecule has 2 saturated carbocycles. The van der Waals surface area contributed by atoms with E-state index in [0.29, 0.717) is 0 Å². The second-order valence-electron chi connectivity index (χ2n) is 6.18. The molecule has 4 nitrogen and oxygen atoms in total. The minimum absolute atomic E-state index is 0.0653. The first-order chi connectivity index (χ1) is 9.49. The number of benzene rings is 1. The summed E-state index contributed by atoms with van der Waals surface area (Å²) < 4.78 is 0. The molecule has 0 radical (unpaired) electrons. The monoisotopic (exact) mass is 273 g/mol. The summed E-state index contributed by atoms with van der Waals surface area (Å²) in [4.78, 5) is 24.1. The summed E-state index contributed by atoms with van der Waals surface area (Å²) in [5, 5.41) is 12.3. The van der Waals surface area contributed by atoms with Gasteiger partial charge in [0.05, 0.1) is 5.41 Å². The van der Waals surface area contributed by atoms with Gasteiger partial charge in [0.2, 0.25) is 5.91 Å². The number of nitrogens with one attached hydrogen (secondary N) is 1. The minimum atomic E-state index is -1.12. The van der Waals surface area contributed by atoms with Gasteiger partial charge < -0.3 is 10.4 Å². The van der Waals surface area contributed by atoms with Gasteiger partial charge in [0.15, 0.2) is 0 Å². The normalized spacial score (nSPS) is 22.6. The standard InChI is InChI=1S/C16H19NO3/c1-15(14(19)20,11-7-8-11)17-13(18)16(9-10-16)12-5-3-2-4-6-12/h2-6,11H,7-10H2,1H3,(H,17,18)(H,19,20). The molecule has 2 fully saturated rings. The van der Waals surface area contributed by atoms with Crippen LogP contribution in [0.5, 0.6) is 0 Å². The molecule has 1 aromatic carbocycles. The van der Waals surface area contributed by atoms with E-state index >= 15 is 0 Å². The van der Waals surface area contributed by atoms with Gasteiger partial charge in [-0.15, -0.1) is 0 Å². The van der Waals surface area contributed by atoms with E-state index in [0.717, 1.165) is 31.2 Å². The Morgan fingerprint density at radius 2 is 1.85 bits per heavy atom. The molecule has 1 unspecified atom stereocenters. The lowest BCUT2D eigenvalue weighted by atomic mass is 9.90. The predicted octanol–water partition coefficient (Wildman–Crippen LogP) is 2.09. The number of amides is 1. The highest BCUT2D eigenvalue weighted by Gasteiger charge is 2.56. The van der Waals surface area contributed by atoms with Crippen LogP contribution in [-0.4, -0.2) is 22.5 Å². The summed E-state index contributed by atoms with van der Waals surface area (Å²) in [6.07, 6.45) is 3.34. The van der Waals surface area contributed by atoms with Crippen molar-refractivity contribution in [1.29, 1.82) is 0 Å². The minimum Gasteiger partial charge on any atom is -0.480 e. The molecular weight excluding hydrogens is 254 g/mol. The summed E-state index contributed by atoms with van der Waals surface area (Å²) in [5.74, 6) is -1.01. The molecule has 106 valence electrons. The van der Waals surface area contributed by atoms with Crippen LogP contribution >= 0.6 is 0 Å². The number of carboxylic acid groups (broad SMARTS) is 1. The zero-order valence-corrected chi connectivity index (χ0v) is 11.6. The highest BCUT2D eigenvalue weighted by Crippen LogP contribution is 2.49. The van der Waals surface area contributed by atoms with Crippen LogP contribution in [0.2, 0.25) is 0 Å². The van der Waals surface area contributed by atoms with Crippen LogP contribution in [0.1, 0.15) is 38.2 Å². The molecule has 1 aromatic rings. The molecule has 0 saturated heterocycles. The fourth-order valence-corrected chi connectivity index (χ4v) is 2.88. The molecule has 2 aliphatic carbocycles. The number of carbonyl (C=O) groups is 2. The highest BCUT2D eigenvalue weighted by atomic mass is 16.4. The van der Waals surface area contributed by atoms with Gasteiger partial charge in [0, 0.05) is 0 Å². The van der Waals surface area contributed by atoms with Crippen molar-refractivity contribution in [3.05, 3.63) is 35.9 Å². The SMILES string of the molecule is CC(NC(=O)C1(c2ccccc2)CC1)(C(=O)O)C1CC1. The largest absolute Gasteiger partial charge is 0.480 e. The van der Waals surface area contributed by atoms with Gasteiger partial charge in [-0.1, -0.05) is 30.3 Å². The van der Waals surface area contributed by atoms with Gasteiger partial charge in [-0.3, -0.25) is 4.79 Å². The van der Waals surface area contributed by atoms with Gasteiger partial charge in [-0.2, -0.15) is 0 Å². The number of carboxylic acids is 1. The van der Waals surface area contributed by atoms with Crippen molar-refractivity contribution in [3.8, 4) is 0 Å². The third-order valence-corrected chi connectivity index (χ3v) is 4.72. The molecule has 4 heteroatoms. The van der Waals surface area contributed by atoms with Gasteiger partial charge in [-0.05, 0) is 44.1 Å². The quantitative estimate of drug-likeness (QED) is 0.863. The molecular formula is C16H19NO3. The summed E-state index contributed by atoms with van der Waals surface area (Å²) in [6, 6.07) is 9.65. The van der Waals surface area contributed by atoms with Crippen molar-refractivity contribution in [3.63, 3.8) is 0 Å². The van der Waals surface area contributed by atoms with E-state index in [-0.39, 0.29) is 11.8 Å². The molecule has 20 heavy (non-hydrogen) atoms. The van der Waals surface area contributed by atoms with Gasteiger partial charge >= 0.3 is 5.97 Å². The van der Waals surface area contributed by atoms with E-state index in [1.165, 1.54) is 0 Å². The van der Waals surface area contributed by atoms with Crippen molar-refractivity contribution < 1.29 is 14.7 Å². The first-order valence-electron chi connectivity index (χ1n) is 7.10. The van der Waals surface area contributed by atoms with Crippen LogP contribution in [0.4, 0.5) is 0 Å². The van der Waals surface area contributed by atoms with Gasteiger partial charge in [0.25, 0.3) is 0 Å². The van der Waals surface area contributed by atoms with Crippen LogP contribution in [-0.2, 0) is 15.0 Å². The van der Waals surface area contributed by atoms with Crippen molar-refractivity contribution >= 4 is 11.9 Å². The van der Waals surface area contributed by atoms with Crippen LogP contribution < -0.4 is 5.32 Å². The van der Waals surface area contributed by atoms with E-state index in [1.54, 1.807) is 6.92 Å². The van der Waals surface area contributed by atoms with Crippen LogP contribution in [0.25, 0.3) is 0 Å². The second kappa shape index (κ2) is 4.33. The average molecular weight is 273 g/mol. The van der Waals surface area contributed by atoms with Crippen molar-refractivity contribution in [2.45, 2.75) is 43.6 Å². The topological polar surface area (TPSA) is 66.4 Å². The van der Waals surface area contributed by atoms with E-state index in [9.17, 15) is 14.7 Å². The summed E-state index contributed by atoms with van der Waals surface area (Å²) in [6.45, 7) is 1.63. The maximum atomic E-state index is 12.6. The number of aliphatic carboxylic acids is 1. The Kier molecular flexibility index (Phi) is 2.85. The number of hydrogen-bond acceptors (Lipinski definition) is 2. The van der Waals surface area contributed by atoms with Crippen molar-refractivity contribution in [1.82, 2.24) is 5.32 Å². The summed E-state index contributed by atoms with van der Waals surface area (Å²) in [5.41, 5.74) is -0.644. The molecule has 0 heterocycles. The molecule has 2 N–H and O–H groups in total. The van der Waals surface area contributed by atoms with Crippen LogP contribution in [0.15, 0.2) is 30.3 Å². The number of carbonyl (C=O) groups excluding carboxylic acids is 1. The molecule has 3 rings (SSSR count). The van der Waals surface area contributed by atoms with E-state index in [2.05, 4.69) is 5.32 Å². The third kappa shape index (κ3) is 1.99. The van der Waals surface area contributed by atoms with Gasteiger partial charge in [0.1, 0.15) is 5.54 Å². The zero-order chi connectivity index (χ0) is 14.4. The molecule has 0 bridgehead atoms. The molecule has 0 aliphatic heterocycles. The van der Waals surface area contributed by atoms with E-state index in [1.807, 2.05) is 30.3 Å².